The first-order valence-corrected chi connectivity index (χ1v) is 5.66. The zero-order valence-corrected chi connectivity index (χ0v) is 9.97. The highest BCUT2D eigenvalue weighted by Gasteiger charge is 2.25. The molecule has 0 aromatic heterocycles. The maximum absolute atomic E-state index is 11.9. The minimum absolute atomic E-state index is 0.115. The Morgan fingerprint density at radius 1 is 1.29 bits per heavy atom. The predicted octanol–water partition coefficient (Wildman–Crippen LogP) is 2.82. The lowest BCUT2D eigenvalue weighted by atomic mass is 9.91. The largest absolute Gasteiger partial charge is 0.343 e. The van der Waals surface area contributed by atoms with Crippen LogP contribution in [0.5, 0.6) is 0 Å². The lowest BCUT2D eigenvalue weighted by Crippen LogP contribution is -2.37. The van der Waals surface area contributed by atoms with Gasteiger partial charge in [-0.3, -0.25) is 4.79 Å². The summed E-state index contributed by atoms with van der Waals surface area (Å²) in [5, 5.41) is 0. The molecule has 1 rings (SSSR count). The van der Waals surface area contributed by atoms with Gasteiger partial charge in [0, 0.05) is 19.5 Å². The lowest BCUT2D eigenvalue weighted by molar-refractivity contribution is -0.133. The van der Waals surface area contributed by atoms with Gasteiger partial charge in [-0.15, -0.1) is 0 Å². The van der Waals surface area contributed by atoms with Gasteiger partial charge in [0.05, 0.1) is 0 Å². The standard InChI is InChI=1S/C12H23NO/c1-12(2,3)9-11(14)13(4)10-7-5-6-8-10/h10H,5-9H2,1-4H3. The Kier molecular flexibility index (Phi) is 3.57. The highest BCUT2D eigenvalue weighted by Crippen LogP contribution is 2.25. The van der Waals surface area contributed by atoms with Gasteiger partial charge in [0.1, 0.15) is 0 Å². The first-order valence-electron chi connectivity index (χ1n) is 5.66. The molecule has 1 fully saturated rings. The summed E-state index contributed by atoms with van der Waals surface area (Å²) in [5.74, 6) is 0.310. The van der Waals surface area contributed by atoms with Crippen molar-refractivity contribution in [3.63, 3.8) is 0 Å². The Morgan fingerprint density at radius 2 is 1.79 bits per heavy atom. The van der Waals surface area contributed by atoms with Crippen LogP contribution in [0.15, 0.2) is 0 Å². The molecule has 0 aliphatic heterocycles. The summed E-state index contributed by atoms with van der Waals surface area (Å²) in [4.78, 5) is 13.8. The second-order valence-corrected chi connectivity index (χ2v) is 5.68. The quantitative estimate of drug-likeness (QED) is 0.666. The summed E-state index contributed by atoms with van der Waals surface area (Å²) in [6.45, 7) is 6.36. The van der Waals surface area contributed by atoms with Gasteiger partial charge in [0.15, 0.2) is 0 Å². The molecule has 1 saturated carbocycles. The van der Waals surface area contributed by atoms with Crippen molar-refractivity contribution in [2.75, 3.05) is 7.05 Å². The molecule has 0 unspecified atom stereocenters. The average Bonchev–Trinajstić information content (AvgIpc) is 2.51. The number of carbonyl (C=O) groups is 1. The van der Waals surface area contributed by atoms with Gasteiger partial charge in [-0.2, -0.15) is 0 Å². The third-order valence-electron chi connectivity index (χ3n) is 2.95. The molecule has 1 amide bonds. The van der Waals surface area contributed by atoms with Crippen LogP contribution in [0.1, 0.15) is 52.9 Å². The fourth-order valence-electron chi connectivity index (χ4n) is 2.07. The molecule has 0 aromatic rings. The van der Waals surface area contributed by atoms with Crippen molar-refractivity contribution in [1.82, 2.24) is 4.90 Å². The van der Waals surface area contributed by atoms with Crippen LogP contribution in [-0.4, -0.2) is 23.9 Å². The molecular weight excluding hydrogens is 174 g/mol. The number of hydrogen-bond donors (Lipinski definition) is 0. The predicted molar refractivity (Wildman–Crippen MR) is 59.1 cm³/mol. The molecule has 2 heteroatoms. The number of rotatable bonds is 2. The molecule has 0 aromatic carbocycles. The molecule has 1 aliphatic rings. The summed E-state index contributed by atoms with van der Waals surface area (Å²) < 4.78 is 0. The molecule has 14 heavy (non-hydrogen) atoms. The molecule has 0 spiro atoms. The van der Waals surface area contributed by atoms with Crippen molar-refractivity contribution in [2.24, 2.45) is 5.41 Å². The van der Waals surface area contributed by atoms with E-state index in [1.807, 2.05) is 11.9 Å². The minimum atomic E-state index is 0.115. The Morgan fingerprint density at radius 3 is 2.21 bits per heavy atom. The van der Waals surface area contributed by atoms with Crippen LogP contribution in [0.2, 0.25) is 0 Å². The molecule has 0 bridgehead atoms. The monoisotopic (exact) mass is 197 g/mol. The molecule has 0 radical (unpaired) electrons. The molecule has 1 aliphatic carbocycles. The topological polar surface area (TPSA) is 20.3 Å². The third kappa shape index (κ3) is 3.32. The lowest BCUT2D eigenvalue weighted by Gasteiger charge is -2.27. The van der Waals surface area contributed by atoms with Crippen LogP contribution in [0.3, 0.4) is 0 Å². The van der Waals surface area contributed by atoms with Crippen molar-refractivity contribution in [2.45, 2.75) is 58.9 Å². The third-order valence-corrected chi connectivity index (χ3v) is 2.95. The van der Waals surface area contributed by atoms with E-state index in [1.54, 1.807) is 0 Å². The van der Waals surface area contributed by atoms with Crippen LogP contribution in [0, 0.1) is 5.41 Å². The van der Waals surface area contributed by atoms with Crippen LogP contribution in [0.25, 0.3) is 0 Å². The number of carbonyl (C=O) groups excluding carboxylic acids is 1. The van der Waals surface area contributed by atoms with Crippen LogP contribution in [0.4, 0.5) is 0 Å². The Bertz CT molecular complexity index is 199. The van der Waals surface area contributed by atoms with E-state index in [-0.39, 0.29) is 5.41 Å². The normalized spacial score (nSPS) is 18.6. The maximum Gasteiger partial charge on any atom is 0.223 e. The smallest absolute Gasteiger partial charge is 0.223 e. The second kappa shape index (κ2) is 4.33. The number of hydrogen-bond acceptors (Lipinski definition) is 1. The minimum Gasteiger partial charge on any atom is -0.343 e. The van der Waals surface area contributed by atoms with E-state index in [0.717, 1.165) is 0 Å². The van der Waals surface area contributed by atoms with Crippen molar-refractivity contribution in [3.05, 3.63) is 0 Å². The van der Waals surface area contributed by atoms with E-state index in [2.05, 4.69) is 20.8 Å². The van der Waals surface area contributed by atoms with E-state index in [9.17, 15) is 4.79 Å². The van der Waals surface area contributed by atoms with Gasteiger partial charge in [-0.1, -0.05) is 33.6 Å². The zero-order valence-electron chi connectivity index (χ0n) is 9.97. The molecule has 0 N–H and O–H groups in total. The molecule has 82 valence electrons. The Balaban J connectivity index is 2.43. The first-order chi connectivity index (χ1) is 6.40. The van der Waals surface area contributed by atoms with Crippen LogP contribution in [-0.2, 0) is 4.79 Å². The molecule has 2 nitrogen and oxygen atoms in total. The molecule has 0 saturated heterocycles. The van der Waals surface area contributed by atoms with Crippen molar-refractivity contribution < 1.29 is 4.79 Å². The van der Waals surface area contributed by atoms with E-state index < -0.39 is 0 Å². The molecule has 0 atom stereocenters. The highest BCUT2D eigenvalue weighted by atomic mass is 16.2. The van der Waals surface area contributed by atoms with Crippen molar-refractivity contribution >= 4 is 5.91 Å². The van der Waals surface area contributed by atoms with Gasteiger partial charge >= 0.3 is 0 Å². The number of amides is 1. The zero-order chi connectivity index (χ0) is 10.8. The Labute approximate surface area is 87.7 Å². The van der Waals surface area contributed by atoms with E-state index >= 15 is 0 Å². The molecule has 0 heterocycles. The highest BCUT2D eigenvalue weighted by molar-refractivity contribution is 5.76. The van der Waals surface area contributed by atoms with Gasteiger partial charge < -0.3 is 4.90 Å². The van der Waals surface area contributed by atoms with Crippen molar-refractivity contribution in [3.8, 4) is 0 Å². The van der Waals surface area contributed by atoms with Gasteiger partial charge in [-0.25, -0.2) is 0 Å². The summed E-state index contributed by atoms with van der Waals surface area (Å²) in [7, 11) is 1.96. The van der Waals surface area contributed by atoms with E-state index in [4.69, 9.17) is 0 Å². The van der Waals surface area contributed by atoms with Crippen molar-refractivity contribution in [1.29, 1.82) is 0 Å². The fourth-order valence-corrected chi connectivity index (χ4v) is 2.07. The number of nitrogens with zero attached hydrogens (tertiary/aromatic N) is 1. The average molecular weight is 197 g/mol. The van der Waals surface area contributed by atoms with Gasteiger partial charge in [-0.05, 0) is 18.3 Å². The summed E-state index contributed by atoms with van der Waals surface area (Å²) >= 11 is 0. The maximum atomic E-state index is 11.9. The summed E-state index contributed by atoms with van der Waals surface area (Å²) in [6.07, 6.45) is 5.65. The van der Waals surface area contributed by atoms with Crippen LogP contribution >= 0.6 is 0 Å². The molecular formula is C12H23NO. The van der Waals surface area contributed by atoms with Crippen LogP contribution < -0.4 is 0 Å². The summed E-state index contributed by atoms with van der Waals surface area (Å²) in [5.41, 5.74) is 0.115. The fraction of sp³-hybridized carbons (Fsp3) is 0.917. The Hall–Kier alpha value is -0.530. The van der Waals surface area contributed by atoms with Gasteiger partial charge in [0.2, 0.25) is 5.91 Å². The van der Waals surface area contributed by atoms with E-state index in [1.165, 1.54) is 25.7 Å². The van der Waals surface area contributed by atoms with E-state index in [0.29, 0.717) is 18.4 Å². The second-order valence-electron chi connectivity index (χ2n) is 5.68. The van der Waals surface area contributed by atoms with Gasteiger partial charge in [0.25, 0.3) is 0 Å². The first kappa shape index (κ1) is 11.5. The SMILES string of the molecule is CN(C(=O)CC(C)(C)C)C1CCCC1. The summed E-state index contributed by atoms with van der Waals surface area (Å²) in [6, 6.07) is 0.518.